The summed E-state index contributed by atoms with van der Waals surface area (Å²) in [5.74, 6) is 0.891. The van der Waals surface area contributed by atoms with Crippen LogP contribution in [0.4, 0.5) is 0 Å². The summed E-state index contributed by atoms with van der Waals surface area (Å²) in [6.07, 6.45) is 0. The van der Waals surface area contributed by atoms with E-state index in [1.807, 2.05) is 43.3 Å². The molecule has 0 atom stereocenters. The first-order valence-corrected chi connectivity index (χ1v) is 7.19. The minimum Gasteiger partial charge on any atom is -0.324 e. The van der Waals surface area contributed by atoms with Crippen molar-refractivity contribution in [1.29, 1.82) is 5.26 Å². The van der Waals surface area contributed by atoms with E-state index in [2.05, 4.69) is 17.6 Å². The number of fused-ring (bicyclic) bond motifs is 1. The molecule has 104 valence electrons. The summed E-state index contributed by atoms with van der Waals surface area (Å²) in [6, 6.07) is 13.6. The second kappa shape index (κ2) is 5.23. The molecule has 1 heterocycles. The lowest BCUT2D eigenvalue weighted by molar-refractivity contribution is 0.796. The smallest absolute Gasteiger partial charge is 0.141 e. The summed E-state index contributed by atoms with van der Waals surface area (Å²) in [4.78, 5) is 4.72. The fourth-order valence-corrected chi connectivity index (χ4v) is 2.75. The van der Waals surface area contributed by atoms with Gasteiger partial charge in [-0.1, -0.05) is 23.7 Å². The van der Waals surface area contributed by atoms with Crippen molar-refractivity contribution < 1.29 is 0 Å². The number of benzene rings is 2. The molecule has 0 amide bonds. The third-order valence-corrected chi connectivity index (χ3v) is 4.11. The van der Waals surface area contributed by atoms with Crippen LogP contribution in [0.1, 0.15) is 18.1 Å². The van der Waals surface area contributed by atoms with Crippen LogP contribution in [0.2, 0.25) is 5.02 Å². The lowest BCUT2D eigenvalue weighted by Gasteiger charge is -2.09. The quantitative estimate of drug-likeness (QED) is 0.695. The zero-order chi connectivity index (χ0) is 15.0. The molecule has 3 nitrogen and oxygen atoms in total. The van der Waals surface area contributed by atoms with Gasteiger partial charge >= 0.3 is 0 Å². The largest absolute Gasteiger partial charge is 0.324 e. The molecule has 0 saturated heterocycles. The SMILES string of the molecule is CCn1c(-c2cccc(Cl)c2C)nc2cc(C#N)ccc21. The highest BCUT2D eigenvalue weighted by Crippen LogP contribution is 2.30. The Balaban J connectivity index is 2.32. The van der Waals surface area contributed by atoms with Crippen molar-refractivity contribution in [3.63, 3.8) is 0 Å². The van der Waals surface area contributed by atoms with Crippen LogP contribution in [0.15, 0.2) is 36.4 Å². The highest BCUT2D eigenvalue weighted by Gasteiger charge is 2.14. The Kier molecular flexibility index (Phi) is 3.40. The van der Waals surface area contributed by atoms with Crippen molar-refractivity contribution in [3.8, 4) is 17.5 Å². The number of imidazole rings is 1. The minimum absolute atomic E-state index is 0.623. The summed E-state index contributed by atoms with van der Waals surface area (Å²) in [7, 11) is 0. The van der Waals surface area contributed by atoms with Crippen molar-refractivity contribution in [2.24, 2.45) is 0 Å². The summed E-state index contributed by atoms with van der Waals surface area (Å²) >= 11 is 6.23. The van der Waals surface area contributed by atoms with Crippen molar-refractivity contribution in [2.45, 2.75) is 20.4 Å². The third-order valence-electron chi connectivity index (χ3n) is 3.70. The lowest BCUT2D eigenvalue weighted by atomic mass is 10.1. The van der Waals surface area contributed by atoms with E-state index in [1.165, 1.54) is 0 Å². The number of halogens is 1. The molecule has 0 bridgehead atoms. The first-order chi connectivity index (χ1) is 10.2. The van der Waals surface area contributed by atoms with Crippen LogP contribution in [0.25, 0.3) is 22.4 Å². The maximum absolute atomic E-state index is 9.03. The topological polar surface area (TPSA) is 41.6 Å². The summed E-state index contributed by atoms with van der Waals surface area (Å²) in [6.45, 7) is 4.89. The Morgan fingerprint density at radius 2 is 2.10 bits per heavy atom. The third kappa shape index (κ3) is 2.18. The van der Waals surface area contributed by atoms with Crippen LogP contribution in [-0.4, -0.2) is 9.55 Å². The van der Waals surface area contributed by atoms with Gasteiger partial charge in [0.15, 0.2) is 0 Å². The normalized spacial score (nSPS) is 10.8. The number of nitriles is 1. The predicted octanol–water partition coefficient (Wildman–Crippen LogP) is 4.56. The molecule has 0 radical (unpaired) electrons. The first-order valence-electron chi connectivity index (χ1n) is 6.81. The van der Waals surface area contributed by atoms with E-state index in [4.69, 9.17) is 21.8 Å². The van der Waals surface area contributed by atoms with E-state index in [0.29, 0.717) is 5.56 Å². The predicted molar refractivity (Wildman–Crippen MR) is 85.3 cm³/mol. The Morgan fingerprint density at radius 3 is 2.81 bits per heavy atom. The maximum Gasteiger partial charge on any atom is 0.141 e. The molecule has 0 aliphatic heterocycles. The molecule has 0 spiro atoms. The van der Waals surface area contributed by atoms with E-state index in [0.717, 1.165) is 39.6 Å². The highest BCUT2D eigenvalue weighted by atomic mass is 35.5. The molecule has 3 aromatic rings. The molecule has 3 rings (SSSR count). The molecular formula is C17H14ClN3. The van der Waals surface area contributed by atoms with Gasteiger partial charge in [0.1, 0.15) is 5.82 Å². The molecule has 4 heteroatoms. The second-order valence-electron chi connectivity index (χ2n) is 4.91. The summed E-state index contributed by atoms with van der Waals surface area (Å²) in [5.41, 5.74) is 4.54. The Hall–Kier alpha value is -2.31. The second-order valence-corrected chi connectivity index (χ2v) is 5.31. The van der Waals surface area contributed by atoms with E-state index < -0.39 is 0 Å². The lowest BCUT2D eigenvalue weighted by Crippen LogP contribution is -1.98. The van der Waals surface area contributed by atoms with E-state index in [1.54, 1.807) is 0 Å². The van der Waals surface area contributed by atoms with Crippen LogP contribution in [0.3, 0.4) is 0 Å². The van der Waals surface area contributed by atoms with Gasteiger partial charge in [-0.25, -0.2) is 4.98 Å². The number of nitrogens with zero attached hydrogens (tertiary/aromatic N) is 3. The fraction of sp³-hybridized carbons (Fsp3) is 0.176. The van der Waals surface area contributed by atoms with Gasteiger partial charge in [-0.3, -0.25) is 0 Å². The van der Waals surface area contributed by atoms with Gasteiger partial charge < -0.3 is 4.57 Å². The zero-order valence-corrected chi connectivity index (χ0v) is 12.6. The number of hydrogen-bond acceptors (Lipinski definition) is 2. The molecule has 21 heavy (non-hydrogen) atoms. The average molecular weight is 296 g/mol. The molecule has 0 aliphatic carbocycles. The highest BCUT2D eigenvalue weighted by molar-refractivity contribution is 6.31. The molecule has 0 N–H and O–H groups in total. The fourth-order valence-electron chi connectivity index (χ4n) is 2.57. The number of aryl methyl sites for hydroxylation is 1. The number of hydrogen-bond donors (Lipinski definition) is 0. The first kappa shape index (κ1) is 13.7. The minimum atomic E-state index is 0.623. The van der Waals surface area contributed by atoms with Crippen LogP contribution in [0.5, 0.6) is 0 Å². The van der Waals surface area contributed by atoms with E-state index >= 15 is 0 Å². The van der Waals surface area contributed by atoms with Gasteiger partial charge in [-0.15, -0.1) is 0 Å². The molecule has 0 aliphatic rings. The monoisotopic (exact) mass is 295 g/mol. The van der Waals surface area contributed by atoms with Crippen LogP contribution in [0, 0.1) is 18.3 Å². The van der Waals surface area contributed by atoms with Crippen molar-refractivity contribution in [2.75, 3.05) is 0 Å². The van der Waals surface area contributed by atoms with Crippen LogP contribution >= 0.6 is 11.6 Å². The molecule has 2 aromatic carbocycles. The van der Waals surface area contributed by atoms with Gasteiger partial charge in [0.25, 0.3) is 0 Å². The van der Waals surface area contributed by atoms with Crippen molar-refractivity contribution in [3.05, 3.63) is 52.5 Å². The Labute approximate surface area is 128 Å². The Morgan fingerprint density at radius 1 is 1.29 bits per heavy atom. The van der Waals surface area contributed by atoms with Crippen LogP contribution in [-0.2, 0) is 6.54 Å². The molecular weight excluding hydrogens is 282 g/mol. The maximum atomic E-state index is 9.03. The molecule has 0 saturated carbocycles. The summed E-state index contributed by atoms with van der Waals surface area (Å²) < 4.78 is 2.15. The van der Waals surface area contributed by atoms with Crippen LogP contribution < -0.4 is 0 Å². The standard InChI is InChI=1S/C17H14ClN3/c1-3-21-16-8-7-12(10-19)9-15(16)20-17(21)13-5-4-6-14(18)11(13)2/h4-9H,3H2,1-2H3. The van der Waals surface area contributed by atoms with Gasteiger partial charge in [-0.2, -0.15) is 5.26 Å². The molecule has 0 unspecified atom stereocenters. The van der Waals surface area contributed by atoms with Gasteiger partial charge in [0.2, 0.25) is 0 Å². The van der Waals surface area contributed by atoms with Gasteiger partial charge in [0.05, 0.1) is 22.7 Å². The van der Waals surface area contributed by atoms with Gasteiger partial charge in [-0.05, 0) is 43.7 Å². The number of aromatic nitrogens is 2. The molecule has 0 fully saturated rings. The number of rotatable bonds is 2. The van der Waals surface area contributed by atoms with E-state index in [-0.39, 0.29) is 0 Å². The molecule has 1 aromatic heterocycles. The van der Waals surface area contributed by atoms with Crippen molar-refractivity contribution in [1.82, 2.24) is 9.55 Å². The zero-order valence-electron chi connectivity index (χ0n) is 11.9. The van der Waals surface area contributed by atoms with Gasteiger partial charge in [0, 0.05) is 17.1 Å². The van der Waals surface area contributed by atoms with Crippen molar-refractivity contribution >= 4 is 22.6 Å². The Bertz CT molecular complexity index is 872. The average Bonchev–Trinajstić information content (AvgIpc) is 2.87. The van der Waals surface area contributed by atoms with E-state index in [9.17, 15) is 0 Å². The summed E-state index contributed by atoms with van der Waals surface area (Å²) in [5, 5.41) is 9.76.